The van der Waals surface area contributed by atoms with Gasteiger partial charge in [-0.3, -0.25) is 9.89 Å². The maximum absolute atomic E-state index is 12.4. The Morgan fingerprint density at radius 3 is 2.71 bits per heavy atom. The Kier molecular flexibility index (Phi) is 3.01. The fourth-order valence-electron chi connectivity index (χ4n) is 5.55. The second-order valence-electron chi connectivity index (χ2n) is 7.77. The number of rotatable bonds is 3. The molecule has 5 heteroatoms. The first-order valence-corrected chi connectivity index (χ1v) is 8.74. The number of carbonyl (C=O) groups excluding carboxylic acids is 1. The molecule has 4 nitrogen and oxygen atoms in total. The number of aryl methyl sites for hydroxylation is 1. The monoisotopic (exact) mass is 351 g/mol. The Morgan fingerprint density at radius 1 is 1.43 bits per heavy atom. The number of aromatic nitrogens is 2. The predicted octanol–water partition coefficient (Wildman–Crippen LogP) is 3.78. The molecule has 0 aromatic carbocycles. The minimum absolute atomic E-state index is 0.125. The summed E-state index contributed by atoms with van der Waals surface area (Å²) in [6, 6.07) is 1.88. The number of aromatic amines is 1. The quantitative estimate of drug-likeness (QED) is 0.814. The van der Waals surface area contributed by atoms with Gasteiger partial charge in [-0.05, 0) is 62.7 Å². The molecule has 5 rings (SSSR count). The molecule has 21 heavy (non-hydrogen) atoms. The fraction of sp³-hybridized carbons (Fsp3) is 0.750. The standard InChI is InChI=1S/C16H22BrN3O/c1-10-2-13(20-19-10)18-14(21)8-15-4-11-3-12(5-15)7-16(17,6-11)9-15/h2,11-12H,3-9H2,1H3,(H2,18,19,20,21). The molecule has 0 radical (unpaired) electrons. The van der Waals surface area contributed by atoms with Gasteiger partial charge >= 0.3 is 0 Å². The largest absolute Gasteiger partial charge is 0.309 e. The SMILES string of the molecule is Cc1cc(NC(=O)CC23CC4CC(CC(Br)(C4)C2)C3)n[nH]1. The third-order valence-electron chi connectivity index (χ3n) is 5.62. The number of hydrogen-bond donors (Lipinski definition) is 2. The van der Waals surface area contributed by atoms with Crippen LogP contribution in [0.15, 0.2) is 6.07 Å². The zero-order valence-electron chi connectivity index (χ0n) is 12.4. The van der Waals surface area contributed by atoms with Crippen molar-refractivity contribution in [2.75, 3.05) is 5.32 Å². The maximum atomic E-state index is 12.4. The van der Waals surface area contributed by atoms with Gasteiger partial charge in [-0.15, -0.1) is 0 Å². The molecule has 1 heterocycles. The second kappa shape index (κ2) is 4.58. The topological polar surface area (TPSA) is 57.8 Å². The molecule has 2 atom stereocenters. The van der Waals surface area contributed by atoms with Crippen molar-refractivity contribution in [3.05, 3.63) is 11.8 Å². The van der Waals surface area contributed by atoms with Crippen LogP contribution < -0.4 is 5.32 Å². The van der Waals surface area contributed by atoms with Gasteiger partial charge in [-0.1, -0.05) is 15.9 Å². The molecule has 4 aliphatic carbocycles. The summed E-state index contributed by atoms with van der Waals surface area (Å²) >= 11 is 4.00. The van der Waals surface area contributed by atoms with Gasteiger partial charge in [0, 0.05) is 22.5 Å². The minimum Gasteiger partial charge on any atom is -0.309 e. The molecule has 4 bridgehead atoms. The van der Waals surface area contributed by atoms with Crippen molar-refractivity contribution in [1.82, 2.24) is 10.2 Å². The number of nitrogens with zero attached hydrogens (tertiary/aromatic N) is 1. The number of amides is 1. The van der Waals surface area contributed by atoms with E-state index in [1.165, 1.54) is 38.5 Å². The summed E-state index contributed by atoms with van der Waals surface area (Å²) in [4.78, 5) is 12.4. The molecule has 4 aliphatic rings. The zero-order valence-corrected chi connectivity index (χ0v) is 14.0. The molecular weight excluding hydrogens is 330 g/mol. The average molecular weight is 352 g/mol. The number of alkyl halides is 1. The first kappa shape index (κ1) is 13.8. The molecule has 0 spiro atoms. The predicted molar refractivity (Wildman–Crippen MR) is 85.3 cm³/mol. The molecular formula is C16H22BrN3O. The van der Waals surface area contributed by atoms with Gasteiger partial charge in [0.1, 0.15) is 0 Å². The highest BCUT2D eigenvalue weighted by Gasteiger charge is 2.57. The van der Waals surface area contributed by atoms with Crippen LogP contribution in [0.25, 0.3) is 0 Å². The molecule has 4 saturated carbocycles. The Balaban J connectivity index is 1.47. The van der Waals surface area contributed by atoms with Gasteiger partial charge in [-0.2, -0.15) is 5.10 Å². The Hall–Kier alpha value is -0.840. The van der Waals surface area contributed by atoms with Crippen LogP contribution in [0.4, 0.5) is 5.82 Å². The first-order chi connectivity index (χ1) is 9.94. The molecule has 4 fully saturated rings. The lowest BCUT2D eigenvalue weighted by molar-refractivity contribution is -0.123. The summed E-state index contributed by atoms with van der Waals surface area (Å²) in [5, 5.41) is 9.92. The maximum Gasteiger partial charge on any atom is 0.226 e. The molecule has 114 valence electrons. The minimum atomic E-state index is 0.125. The number of halogens is 1. The Morgan fingerprint density at radius 2 is 2.14 bits per heavy atom. The van der Waals surface area contributed by atoms with Crippen LogP contribution in [0.5, 0.6) is 0 Å². The van der Waals surface area contributed by atoms with Crippen LogP contribution in [-0.4, -0.2) is 20.4 Å². The van der Waals surface area contributed by atoms with E-state index in [1.54, 1.807) is 0 Å². The number of anilines is 1. The zero-order chi connectivity index (χ0) is 14.7. The summed E-state index contributed by atoms with van der Waals surface area (Å²) in [6.07, 6.45) is 8.30. The number of H-pyrrole nitrogens is 1. The van der Waals surface area contributed by atoms with E-state index >= 15 is 0 Å². The third-order valence-corrected chi connectivity index (χ3v) is 6.55. The van der Waals surface area contributed by atoms with E-state index in [9.17, 15) is 4.79 Å². The van der Waals surface area contributed by atoms with Crippen molar-refractivity contribution < 1.29 is 4.79 Å². The van der Waals surface area contributed by atoms with Gasteiger partial charge in [0.25, 0.3) is 0 Å². The van der Waals surface area contributed by atoms with Crippen LogP contribution in [0.3, 0.4) is 0 Å². The van der Waals surface area contributed by atoms with Gasteiger partial charge in [0.05, 0.1) is 0 Å². The van der Waals surface area contributed by atoms with Gasteiger partial charge in [0.15, 0.2) is 5.82 Å². The van der Waals surface area contributed by atoms with Gasteiger partial charge in [-0.25, -0.2) is 0 Å². The third kappa shape index (κ3) is 2.54. The lowest BCUT2D eigenvalue weighted by Crippen LogP contribution is -2.53. The summed E-state index contributed by atoms with van der Waals surface area (Å²) in [6.45, 7) is 1.94. The van der Waals surface area contributed by atoms with E-state index in [0.29, 0.717) is 16.6 Å². The Bertz CT molecular complexity index is 568. The number of carbonyl (C=O) groups is 1. The van der Waals surface area contributed by atoms with E-state index in [2.05, 4.69) is 31.4 Å². The summed E-state index contributed by atoms with van der Waals surface area (Å²) in [5.74, 6) is 2.42. The molecule has 2 unspecified atom stereocenters. The summed E-state index contributed by atoms with van der Waals surface area (Å²) in [5.41, 5.74) is 1.20. The van der Waals surface area contributed by atoms with Crippen molar-refractivity contribution in [1.29, 1.82) is 0 Å². The van der Waals surface area contributed by atoms with Crippen LogP contribution in [0, 0.1) is 24.2 Å². The van der Waals surface area contributed by atoms with Crippen LogP contribution in [0.2, 0.25) is 0 Å². The van der Waals surface area contributed by atoms with E-state index in [1.807, 2.05) is 13.0 Å². The van der Waals surface area contributed by atoms with Crippen LogP contribution in [-0.2, 0) is 4.79 Å². The Labute approximate surface area is 133 Å². The average Bonchev–Trinajstić information content (AvgIpc) is 2.69. The second-order valence-corrected chi connectivity index (χ2v) is 9.46. The van der Waals surface area contributed by atoms with Gasteiger partial charge in [0.2, 0.25) is 5.91 Å². The molecule has 1 aromatic heterocycles. The molecule has 2 N–H and O–H groups in total. The fourth-order valence-corrected chi connectivity index (χ4v) is 7.06. The van der Waals surface area contributed by atoms with E-state index in [4.69, 9.17) is 0 Å². The van der Waals surface area contributed by atoms with Crippen molar-refractivity contribution in [2.45, 2.75) is 56.2 Å². The van der Waals surface area contributed by atoms with E-state index in [-0.39, 0.29) is 11.3 Å². The highest BCUT2D eigenvalue weighted by atomic mass is 79.9. The highest BCUT2D eigenvalue weighted by Crippen LogP contribution is 2.65. The lowest BCUT2D eigenvalue weighted by atomic mass is 9.48. The molecule has 1 amide bonds. The molecule has 1 aromatic rings. The number of nitrogens with one attached hydrogen (secondary N) is 2. The number of hydrogen-bond acceptors (Lipinski definition) is 2. The van der Waals surface area contributed by atoms with Crippen molar-refractivity contribution in [2.24, 2.45) is 17.3 Å². The smallest absolute Gasteiger partial charge is 0.226 e. The van der Waals surface area contributed by atoms with Crippen LogP contribution >= 0.6 is 15.9 Å². The van der Waals surface area contributed by atoms with Gasteiger partial charge < -0.3 is 5.32 Å². The normalized spacial score (nSPS) is 40.5. The van der Waals surface area contributed by atoms with Crippen molar-refractivity contribution in [3.8, 4) is 0 Å². The summed E-state index contributed by atoms with van der Waals surface area (Å²) < 4.78 is 0.320. The highest BCUT2D eigenvalue weighted by molar-refractivity contribution is 9.10. The molecule has 0 saturated heterocycles. The van der Waals surface area contributed by atoms with E-state index < -0.39 is 0 Å². The molecule has 0 aliphatic heterocycles. The van der Waals surface area contributed by atoms with Crippen molar-refractivity contribution >= 4 is 27.7 Å². The van der Waals surface area contributed by atoms with Crippen LogP contribution in [0.1, 0.15) is 50.6 Å². The lowest BCUT2D eigenvalue weighted by Gasteiger charge is -2.60. The van der Waals surface area contributed by atoms with Crippen molar-refractivity contribution in [3.63, 3.8) is 0 Å². The van der Waals surface area contributed by atoms with E-state index in [0.717, 1.165) is 17.5 Å². The summed E-state index contributed by atoms with van der Waals surface area (Å²) in [7, 11) is 0. The first-order valence-electron chi connectivity index (χ1n) is 7.95.